The second-order valence-corrected chi connectivity index (χ2v) is 13.3. The average molecular weight is 628 g/mol. The summed E-state index contributed by atoms with van der Waals surface area (Å²) in [4.78, 5) is 18.6. The van der Waals surface area contributed by atoms with Crippen LogP contribution in [0.5, 0.6) is 0 Å². The van der Waals surface area contributed by atoms with Gasteiger partial charge in [-0.05, 0) is 79.6 Å². The van der Waals surface area contributed by atoms with Gasteiger partial charge >= 0.3 is 6.18 Å². The van der Waals surface area contributed by atoms with Crippen molar-refractivity contribution in [3.63, 3.8) is 0 Å². The molecule has 3 heterocycles. The summed E-state index contributed by atoms with van der Waals surface area (Å²) in [7, 11) is -1.46. The largest absolute Gasteiger partial charge is 0.416 e. The van der Waals surface area contributed by atoms with Crippen LogP contribution in [0.1, 0.15) is 53.5 Å². The van der Waals surface area contributed by atoms with Crippen molar-refractivity contribution in [1.29, 1.82) is 0 Å². The number of nitrogens with zero attached hydrogens (tertiary/aromatic N) is 7. The molecular formula is C30H29F4N7O2S. The van der Waals surface area contributed by atoms with Crippen molar-refractivity contribution in [1.82, 2.24) is 34.1 Å². The van der Waals surface area contributed by atoms with E-state index in [1.165, 1.54) is 23.0 Å². The van der Waals surface area contributed by atoms with Crippen molar-refractivity contribution in [2.24, 2.45) is 12.5 Å². The average Bonchev–Trinajstić information content (AvgIpc) is 3.62. The minimum absolute atomic E-state index is 0.143. The lowest BCUT2D eigenvalue weighted by Crippen LogP contribution is -2.50. The number of alkyl halides is 3. The molecule has 0 N–H and O–H groups in total. The van der Waals surface area contributed by atoms with E-state index < -0.39 is 44.5 Å². The Morgan fingerprint density at radius 1 is 1.23 bits per heavy atom. The first-order valence-electron chi connectivity index (χ1n) is 14.0. The van der Waals surface area contributed by atoms with Crippen molar-refractivity contribution < 1.29 is 26.6 Å². The third-order valence-electron chi connectivity index (χ3n) is 8.47. The number of halogens is 4. The van der Waals surface area contributed by atoms with E-state index in [4.69, 9.17) is 0 Å². The summed E-state index contributed by atoms with van der Waals surface area (Å²) in [6.45, 7) is 2.16. The van der Waals surface area contributed by atoms with E-state index >= 15 is 0 Å². The molecule has 0 saturated heterocycles. The van der Waals surface area contributed by atoms with Crippen LogP contribution >= 0.6 is 0 Å². The summed E-state index contributed by atoms with van der Waals surface area (Å²) >= 11 is 0. The molecule has 1 saturated carbocycles. The van der Waals surface area contributed by atoms with Crippen LogP contribution in [0.3, 0.4) is 0 Å². The third kappa shape index (κ3) is 5.05. The lowest BCUT2D eigenvalue weighted by atomic mass is 9.60. The number of ketones is 1. The highest BCUT2D eigenvalue weighted by Gasteiger charge is 2.51. The number of allylic oxidation sites excluding steroid dienone is 1. The molecule has 230 valence electrons. The second-order valence-electron chi connectivity index (χ2n) is 11.1. The molecule has 9 nitrogen and oxygen atoms in total. The number of Topliss-reactive ketones (excluding diaryl/α,β-unsaturated/α-hetero) is 1. The molecule has 4 aromatic rings. The number of hydrogen-bond donors (Lipinski definition) is 0. The maximum atomic E-state index is 14.5. The van der Waals surface area contributed by atoms with Gasteiger partial charge in [0, 0.05) is 25.8 Å². The molecule has 0 spiro atoms. The quantitative estimate of drug-likeness (QED) is 0.164. The lowest BCUT2D eigenvalue weighted by Gasteiger charge is -2.47. The molecule has 44 heavy (non-hydrogen) atoms. The van der Waals surface area contributed by atoms with Crippen LogP contribution in [0.4, 0.5) is 17.6 Å². The van der Waals surface area contributed by atoms with Gasteiger partial charge in [0.15, 0.2) is 10.8 Å². The van der Waals surface area contributed by atoms with Crippen molar-refractivity contribution in [3.05, 3.63) is 88.9 Å². The van der Waals surface area contributed by atoms with Crippen LogP contribution in [-0.4, -0.2) is 62.5 Å². The highest BCUT2D eigenvalue weighted by molar-refractivity contribution is 7.98. The van der Waals surface area contributed by atoms with Gasteiger partial charge in [-0.3, -0.25) is 14.5 Å². The Kier molecular flexibility index (Phi) is 7.31. The summed E-state index contributed by atoms with van der Waals surface area (Å²) in [5.41, 5.74) is 0.201. The fraction of sp³-hybridized carbons (Fsp3) is 0.333. The fourth-order valence-corrected chi connectivity index (χ4v) is 8.19. The monoisotopic (exact) mass is 627 g/mol. The first kappa shape index (κ1) is 29.9. The van der Waals surface area contributed by atoms with E-state index in [1.807, 2.05) is 13.0 Å². The van der Waals surface area contributed by atoms with Gasteiger partial charge in [0.2, 0.25) is 0 Å². The van der Waals surface area contributed by atoms with Gasteiger partial charge in [-0.2, -0.15) is 18.3 Å². The number of carbonyl (C=O) groups excluding carboxylic acids is 1. The Bertz CT molecular complexity index is 1880. The van der Waals surface area contributed by atoms with Crippen molar-refractivity contribution >= 4 is 27.4 Å². The number of aromatic nitrogens is 6. The van der Waals surface area contributed by atoms with E-state index in [0.29, 0.717) is 36.3 Å². The molecule has 3 atom stereocenters. The SMILES string of the molecule is C=S(=O)(c1cn(C)nn1)N(CC)[C@H]1CCC2=Cc3c(cnn3-c3ccc(F)cc3)C[C@]2(C(=O)c2cc(C(F)(F)F)ccn2)C1. The third-order valence-corrected chi connectivity index (χ3v) is 10.6. The minimum atomic E-state index is -4.66. The smallest absolute Gasteiger partial charge is 0.291 e. The number of pyridine rings is 1. The lowest BCUT2D eigenvalue weighted by molar-refractivity contribution is -0.137. The van der Waals surface area contributed by atoms with Crippen molar-refractivity contribution in [3.8, 4) is 5.69 Å². The predicted octanol–water partition coefficient (Wildman–Crippen LogP) is 4.93. The maximum absolute atomic E-state index is 14.5. The predicted molar refractivity (Wildman–Crippen MR) is 156 cm³/mol. The molecule has 3 aromatic heterocycles. The Labute approximate surface area is 251 Å². The zero-order chi connectivity index (χ0) is 31.4. The molecule has 14 heteroatoms. The Morgan fingerprint density at radius 2 is 1.98 bits per heavy atom. The molecule has 2 aliphatic carbocycles. The van der Waals surface area contributed by atoms with Gasteiger partial charge in [-0.1, -0.05) is 17.7 Å². The molecule has 1 fully saturated rings. The molecule has 0 bridgehead atoms. The number of rotatable bonds is 7. The summed E-state index contributed by atoms with van der Waals surface area (Å²) in [5, 5.41) is 12.7. The number of fused-ring (bicyclic) bond motifs is 2. The standard InChI is InChI=1S/C30H29F4N7O2S/c1-4-40(44(3,43)27-18-39(2)38-37-27)24-8-5-20-14-26-19(17-36-41(26)23-9-6-22(31)7-10-23)15-29(20,16-24)28(42)25-13-21(11-12-35-25)30(32,33)34/h6-7,9-14,17-18,24H,3-5,8,15-16H2,1-2H3/t24-,29-,44?/m0/s1. The van der Waals surface area contributed by atoms with Crippen LogP contribution in [0.2, 0.25) is 0 Å². The van der Waals surface area contributed by atoms with E-state index in [0.717, 1.165) is 23.9 Å². The first-order valence-corrected chi connectivity index (χ1v) is 15.6. The van der Waals surface area contributed by atoms with E-state index in [2.05, 4.69) is 26.3 Å². The van der Waals surface area contributed by atoms with Gasteiger partial charge in [-0.15, -0.1) is 5.10 Å². The topological polar surface area (TPSA) is 98.8 Å². The molecule has 0 aliphatic heterocycles. The van der Waals surface area contributed by atoms with E-state index in [-0.39, 0.29) is 23.6 Å². The normalized spacial score (nSPS) is 21.3. The molecule has 1 aromatic carbocycles. The molecule has 6 rings (SSSR count). The van der Waals surface area contributed by atoms with Crippen LogP contribution in [-0.2, 0) is 29.4 Å². The van der Waals surface area contributed by atoms with Crippen LogP contribution in [0.15, 0.2) is 65.6 Å². The minimum Gasteiger partial charge on any atom is -0.291 e. The number of hydrogen-bond acceptors (Lipinski definition) is 6. The first-order chi connectivity index (χ1) is 20.8. The van der Waals surface area contributed by atoms with Crippen LogP contribution < -0.4 is 0 Å². The molecule has 0 amide bonds. The molecule has 0 radical (unpaired) electrons. The summed E-state index contributed by atoms with van der Waals surface area (Å²) in [6.07, 6.45) is 2.56. The van der Waals surface area contributed by atoms with Gasteiger partial charge in [0.05, 0.1) is 44.5 Å². The van der Waals surface area contributed by atoms with Gasteiger partial charge in [0.1, 0.15) is 11.5 Å². The maximum Gasteiger partial charge on any atom is 0.416 e. The van der Waals surface area contributed by atoms with Crippen molar-refractivity contribution in [2.45, 2.75) is 49.9 Å². The summed E-state index contributed by atoms with van der Waals surface area (Å²) < 4.78 is 73.5. The summed E-state index contributed by atoms with van der Waals surface area (Å²) in [5.74, 6) is 3.06. The molecule has 1 unspecified atom stereocenters. The van der Waals surface area contributed by atoms with Gasteiger partial charge in [-0.25, -0.2) is 17.6 Å². The number of benzene rings is 1. The number of aryl methyl sites for hydroxylation is 1. The Hall–Kier alpha value is -4.17. The molecule has 2 aliphatic rings. The van der Waals surface area contributed by atoms with E-state index in [9.17, 15) is 26.6 Å². The van der Waals surface area contributed by atoms with Crippen LogP contribution in [0, 0.1) is 11.2 Å². The van der Waals surface area contributed by atoms with Crippen molar-refractivity contribution in [2.75, 3.05) is 6.54 Å². The fourth-order valence-electron chi connectivity index (χ4n) is 6.39. The van der Waals surface area contributed by atoms with Crippen LogP contribution in [0.25, 0.3) is 11.8 Å². The zero-order valence-electron chi connectivity index (χ0n) is 24.0. The molecular weight excluding hydrogens is 598 g/mol. The Morgan fingerprint density at radius 3 is 2.64 bits per heavy atom. The van der Waals surface area contributed by atoms with Gasteiger partial charge < -0.3 is 0 Å². The zero-order valence-corrected chi connectivity index (χ0v) is 24.8. The summed E-state index contributed by atoms with van der Waals surface area (Å²) in [6, 6.07) is 7.03. The highest BCUT2D eigenvalue weighted by Crippen LogP contribution is 2.51. The van der Waals surface area contributed by atoms with E-state index in [1.54, 1.807) is 34.4 Å². The number of carbonyl (C=O) groups is 1. The highest BCUT2D eigenvalue weighted by atomic mass is 32.2. The van der Waals surface area contributed by atoms with Gasteiger partial charge in [0.25, 0.3) is 0 Å². The Balaban J connectivity index is 1.45. The second kappa shape index (κ2) is 10.8.